The molecule has 2 fully saturated rings. The van der Waals surface area contributed by atoms with Crippen molar-refractivity contribution in [2.45, 2.75) is 68.3 Å². The lowest BCUT2D eigenvalue weighted by atomic mass is 9.79. The van der Waals surface area contributed by atoms with Crippen molar-refractivity contribution in [1.82, 2.24) is 15.5 Å². The summed E-state index contributed by atoms with van der Waals surface area (Å²) in [5, 5.41) is 12.1. The summed E-state index contributed by atoms with van der Waals surface area (Å²) in [6, 6.07) is 6.62. The third-order valence-electron chi connectivity index (χ3n) is 6.33. The summed E-state index contributed by atoms with van der Waals surface area (Å²) >= 11 is 0. The Morgan fingerprint density at radius 1 is 1.03 bits per heavy atom. The molecule has 1 saturated carbocycles. The SMILES string of the molecule is CN=C(NCc1ccc(S(N)(=O)=O)cc1)NCC1(N2CCCCC2)CCCCC1.I. The summed E-state index contributed by atoms with van der Waals surface area (Å²) in [7, 11) is -1.87. The van der Waals surface area contributed by atoms with Crippen molar-refractivity contribution in [3.63, 3.8) is 0 Å². The molecule has 0 atom stereocenters. The molecule has 1 aromatic carbocycles. The first-order chi connectivity index (χ1) is 13.9. The quantitative estimate of drug-likeness (QED) is 0.288. The number of halogens is 1. The van der Waals surface area contributed by atoms with E-state index in [2.05, 4.69) is 20.5 Å². The predicted molar refractivity (Wildman–Crippen MR) is 133 cm³/mol. The number of aliphatic imine (C=N–C) groups is 1. The van der Waals surface area contributed by atoms with Crippen LogP contribution in [0.15, 0.2) is 34.2 Å². The fourth-order valence-electron chi connectivity index (χ4n) is 4.63. The fourth-order valence-corrected chi connectivity index (χ4v) is 5.15. The lowest BCUT2D eigenvalue weighted by molar-refractivity contribution is 0.0368. The fraction of sp³-hybridized carbons (Fsp3) is 0.667. The number of sulfonamides is 1. The number of hydrogen-bond acceptors (Lipinski definition) is 4. The first kappa shape index (κ1) is 25.4. The average Bonchev–Trinajstić information content (AvgIpc) is 2.75. The Balaban J connectivity index is 0.00000320. The number of nitrogens with one attached hydrogen (secondary N) is 2. The van der Waals surface area contributed by atoms with Crippen molar-refractivity contribution in [3.8, 4) is 0 Å². The van der Waals surface area contributed by atoms with Crippen molar-refractivity contribution in [3.05, 3.63) is 29.8 Å². The lowest BCUT2D eigenvalue weighted by Crippen LogP contribution is -2.59. The molecule has 1 aromatic rings. The van der Waals surface area contributed by atoms with Gasteiger partial charge in [-0.05, 0) is 56.5 Å². The van der Waals surface area contributed by atoms with Crippen molar-refractivity contribution in [2.75, 3.05) is 26.7 Å². The summed E-state index contributed by atoms with van der Waals surface area (Å²) in [5.41, 5.74) is 1.22. The van der Waals surface area contributed by atoms with Gasteiger partial charge in [-0.3, -0.25) is 9.89 Å². The summed E-state index contributed by atoms with van der Waals surface area (Å²) in [6.07, 6.45) is 10.4. The van der Waals surface area contributed by atoms with Crippen LogP contribution < -0.4 is 15.8 Å². The highest BCUT2D eigenvalue weighted by Gasteiger charge is 2.38. The summed E-state index contributed by atoms with van der Waals surface area (Å²) in [6.45, 7) is 3.91. The third-order valence-corrected chi connectivity index (χ3v) is 7.26. The monoisotopic (exact) mass is 549 g/mol. The molecule has 0 spiro atoms. The van der Waals surface area contributed by atoms with E-state index in [4.69, 9.17) is 5.14 Å². The minimum absolute atomic E-state index is 0. The maximum absolute atomic E-state index is 11.4. The van der Waals surface area contributed by atoms with E-state index in [1.54, 1.807) is 19.2 Å². The van der Waals surface area contributed by atoms with E-state index in [-0.39, 0.29) is 34.4 Å². The zero-order chi connectivity index (χ0) is 20.7. The number of piperidine rings is 1. The van der Waals surface area contributed by atoms with Crippen LogP contribution in [-0.4, -0.2) is 51.5 Å². The van der Waals surface area contributed by atoms with Crippen LogP contribution >= 0.6 is 24.0 Å². The minimum Gasteiger partial charge on any atom is -0.355 e. The van der Waals surface area contributed by atoms with Crippen LogP contribution in [0.3, 0.4) is 0 Å². The molecule has 4 N–H and O–H groups in total. The van der Waals surface area contributed by atoms with Gasteiger partial charge in [0.15, 0.2) is 5.96 Å². The number of nitrogens with two attached hydrogens (primary N) is 1. The van der Waals surface area contributed by atoms with Crippen LogP contribution in [0.5, 0.6) is 0 Å². The molecule has 0 radical (unpaired) electrons. The number of guanidine groups is 1. The van der Waals surface area contributed by atoms with Gasteiger partial charge in [0.25, 0.3) is 0 Å². The number of primary sulfonamides is 1. The molecule has 3 rings (SSSR count). The number of hydrogen-bond donors (Lipinski definition) is 3. The largest absolute Gasteiger partial charge is 0.355 e. The molecule has 170 valence electrons. The highest BCUT2D eigenvalue weighted by Crippen LogP contribution is 2.35. The Morgan fingerprint density at radius 3 is 2.20 bits per heavy atom. The van der Waals surface area contributed by atoms with Gasteiger partial charge in [0.05, 0.1) is 4.90 Å². The van der Waals surface area contributed by atoms with E-state index in [0.717, 1.165) is 18.1 Å². The average molecular weight is 550 g/mol. The molecule has 2 aliphatic rings. The van der Waals surface area contributed by atoms with Gasteiger partial charge >= 0.3 is 0 Å². The number of benzene rings is 1. The van der Waals surface area contributed by atoms with Crippen molar-refractivity contribution in [1.29, 1.82) is 0 Å². The van der Waals surface area contributed by atoms with Crippen LogP contribution in [-0.2, 0) is 16.6 Å². The molecule has 1 aliphatic carbocycles. The standard InChI is InChI=1S/C21H35N5O2S.HI/c1-23-20(24-16-18-8-10-19(11-9-18)29(22,27)28)25-17-21(12-4-2-5-13-21)26-14-6-3-7-15-26;/h8-11H,2-7,12-17H2,1H3,(H2,22,27,28)(H2,23,24,25);1H. The third kappa shape index (κ3) is 6.80. The van der Waals surface area contributed by atoms with Crippen LogP contribution in [0.4, 0.5) is 0 Å². The van der Waals surface area contributed by atoms with E-state index in [1.165, 1.54) is 76.6 Å². The molecule has 1 saturated heterocycles. The van der Waals surface area contributed by atoms with Gasteiger partial charge in [0.2, 0.25) is 10.0 Å². The van der Waals surface area contributed by atoms with Crippen LogP contribution in [0.2, 0.25) is 0 Å². The maximum atomic E-state index is 11.4. The Hall–Kier alpha value is -0.910. The predicted octanol–water partition coefficient (Wildman–Crippen LogP) is 2.81. The van der Waals surface area contributed by atoms with Gasteiger partial charge in [0.1, 0.15) is 0 Å². The van der Waals surface area contributed by atoms with Gasteiger partial charge in [-0.25, -0.2) is 13.6 Å². The normalized spacial score (nSPS) is 20.3. The van der Waals surface area contributed by atoms with E-state index in [9.17, 15) is 8.42 Å². The second-order valence-electron chi connectivity index (χ2n) is 8.30. The van der Waals surface area contributed by atoms with Crippen molar-refractivity contribution < 1.29 is 8.42 Å². The van der Waals surface area contributed by atoms with Gasteiger partial charge in [-0.1, -0.05) is 37.8 Å². The molecular weight excluding hydrogens is 513 g/mol. The summed E-state index contributed by atoms with van der Waals surface area (Å²) in [4.78, 5) is 7.23. The Morgan fingerprint density at radius 2 is 1.63 bits per heavy atom. The van der Waals surface area contributed by atoms with Crippen molar-refractivity contribution >= 4 is 40.0 Å². The van der Waals surface area contributed by atoms with Gasteiger partial charge < -0.3 is 10.6 Å². The Kier molecular flexibility index (Phi) is 9.83. The molecule has 0 amide bonds. The van der Waals surface area contributed by atoms with Gasteiger partial charge in [-0.15, -0.1) is 24.0 Å². The van der Waals surface area contributed by atoms with Gasteiger partial charge in [0, 0.05) is 25.7 Å². The number of rotatable bonds is 6. The Labute approximate surface area is 198 Å². The molecule has 30 heavy (non-hydrogen) atoms. The molecule has 7 nitrogen and oxygen atoms in total. The first-order valence-corrected chi connectivity index (χ1v) is 12.3. The molecular formula is C21H36IN5O2S. The second kappa shape index (κ2) is 11.6. The van der Waals surface area contributed by atoms with E-state index >= 15 is 0 Å². The molecule has 0 unspecified atom stereocenters. The highest BCUT2D eigenvalue weighted by atomic mass is 127. The highest BCUT2D eigenvalue weighted by molar-refractivity contribution is 14.0. The second-order valence-corrected chi connectivity index (χ2v) is 9.86. The first-order valence-electron chi connectivity index (χ1n) is 10.7. The van der Waals surface area contributed by atoms with Crippen LogP contribution in [0, 0.1) is 0 Å². The summed E-state index contributed by atoms with van der Waals surface area (Å²) in [5.74, 6) is 0.780. The summed E-state index contributed by atoms with van der Waals surface area (Å²) < 4.78 is 22.8. The van der Waals surface area contributed by atoms with Gasteiger partial charge in [-0.2, -0.15) is 0 Å². The molecule has 1 aliphatic heterocycles. The van der Waals surface area contributed by atoms with Crippen LogP contribution in [0.25, 0.3) is 0 Å². The smallest absolute Gasteiger partial charge is 0.238 e. The molecule has 1 heterocycles. The molecule has 0 aromatic heterocycles. The topological polar surface area (TPSA) is 99.8 Å². The van der Waals surface area contributed by atoms with E-state index in [0.29, 0.717) is 6.54 Å². The van der Waals surface area contributed by atoms with E-state index < -0.39 is 10.0 Å². The zero-order valence-electron chi connectivity index (χ0n) is 17.9. The van der Waals surface area contributed by atoms with Crippen molar-refractivity contribution in [2.24, 2.45) is 10.1 Å². The van der Waals surface area contributed by atoms with Crippen LogP contribution in [0.1, 0.15) is 56.9 Å². The Bertz CT molecular complexity index is 786. The molecule has 9 heteroatoms. The number of nitrogens with zero attached hydrogens (tertiary/aromatic N) is 2. The van der Waals surface area contributed by atoms with E-state index in [1.807, 2.05) is 0 Å². The lowest BCUT2D eigenvalue weighted by Gasteiger charge is -2.48. The minimum atomic E-state index is -3.66. The zero-order valence-corrected chi connectivity index (χ0v) is 21.0. The molecule has 0 bridgehead atoms. The number of likely N-dealkylation sites (tertiary alicyclic amines) is 1. The maximum Gasteiger partial charge on any atom is 0.238 e.